The predicted octanol–water partition coefficient (Wildman–Crippen LogP) is 4.63. The van der Waals surface area contributed by atoms with Crippen LogP contribution in [0.1, 0.15) is 32.4 Å². The molecule has 1 aliphatic carbocycles. The Labute approximate surface area is 169 Å². The molecule has 27 heavy (non-hydrogen) atoms. The van der Waals surface area contributed by atoms with Crippen LogP contribution in [0, 0.1) is 0 Å². The third kappa shape index (κ3) is 6.73. The zero-order valence-electron chi connectivity index (χ0n) is 15.2. The van der Waals surface area contributed by atoms with E-state index >= 15 is 0 Å². The van der Waals surface area contributed by atoms with Crippen LogP contribution in [-0.2, 0) is 0 Å². The number of hydrogen-bond donors (Lipinski definition) is 2. The molecule has 6 nitrogen and oxygen atoms in total. The zero-order chi connectivity index (χ0) is 19.6. The molecule has 0 bridgehead atoms. The van der Waals surface area contributed by atoms with Crippen LogP contribution in [0.5, 0.6) is 6.01 Å². The van der Waals surface area contributed by atoms with E-state index in [2.05, 4.69) is 33.5 Å². The monoisotopic (exact) mass is 408 g/mol. The highest BCUT2D eigenvalue weighted by atomic mass is 35.5. The fraction of sp³-hybridized carbons (Fsp3) is 0.316. The van der Waals surface area contributed by atoms with Gasteiger partial charge in [0.05, 0.1) is 11.2 Å². The van der Waals surface area contributed by atoms with E-state index in [1.54, 1.807) is 12.2 Å². The average Bonchev–Trinajstić information content (AvgIpc) is 2.79. The first-order valence-electron chi connectivity index (χ1n) is 8.58. The minimum absolute atomic E-state index is 0.00979. The van der Waals surface area contributed by atoms with E-state index in [9.17, 15) is 5.11 Å². The molecular weight excluding hydrogens is 387 g/mol. The second-order valence-electron chi connectivity index (χ2n) is 5.62. The third-order valence-electron chi connectivity index (χ3n) is 3.55. The van der Waals surface area contributed by atoms with Crippen molar-refractivity contribution in [2.75, 3.05) is 13.2 Å². The molecule has 0 atom stereocenters. The molecule has 1 aromatic rings. The Morgan fingerprint density at radius 3 is 2.81 bits per heavy atom. The summed E-state index contributed by atoms with van der Waals surface area (Å²) in [6.07, 6.45) is 12.0. The Morgan fingerprint density at radius 2 is 2.15 bits per heavy atom. The smallest absolute Gasteiger partial charge is 0.335 e. The van der Waals surface area contributed by atoms with Crippen LogP contribution in [0.4, 0.5) is 0 Å². The topological polar surface area (TPSA) is 80.2 Å². The lowest BCUT2D eigenvalue weighted by Gasteiger charge is -2.08. The summed E-state index contributed by atoms with van der Waals surface area (Å²) < 4.78 is 5.50. The highest BCUT2D eigenvalue weighted by Gasteiger charge is 2.13. The van der Waals surface area contributed by atoms with Crippen LogP contribution in [0.25, 0.3) is 5.57 Å². The summed E-state index contributed by atoms with van der Waals surface area (Å²) in [5.74, 6) is 0.00979. The molecule has 2 N–H and O–H groups in total. The molecule has 0 amide bonds. The van der Waals surface area contributed by atoms with Gasteiger partial charge in [0.1, 0.15) is 18.1 Å². The summed E-state index contributed by atoms with van der Waals surface area (Å²) in [5.41, 5.74) is 2.13. The van der Waals surface area contributed by atoms with Crippen molar-refractivity contribution >= 4 is 28.8 Å². The number of allylic oxidation sites excluding steroid dienone is 8. The lowest BCUT2D eigenvalue weighted by Crippen LogP contribution is -2.20. The van der Waals surface area contributed by atoms with Gasteiger partial charge in [-0.2, -0.15) is 0 Å². The molecular formula is C19H22Cl2N4O2. The first-order valence-corrected chi connectivity index (χ1v) is 9.34. The molecule has 8 heteroatoms. The number of hydrogen-bond acceptors (Lipinski definition) is 6. The van der Waals surface area contributed by atoms with E-state index in [-0.39, 0.29) is 23.2 Å². The minimum Gasteiger partial charge on any atom is -0.510 e. The van der Waals surface area contributed by atoms with Crippen molar-refractivity contribution in [1.82, 2.24) is 20.5 Å². The predicted molar refractivity (Wildman–Crippen MR) is 109 cm³/mol. The molecule has 0 aliphatic heterocycles. The molecule has 0 saturated heterocycles. The number of ether oxygens (including phenoxy) is 1. The summed E-state index contributed by atoms with van der Waals surface area (Å²) in [6.45, 7) is 5.07. The fourth-order valence-corrected chi connectivity index (χ4v) is 2.60. The van der Waals surface area contributed by atoms with Crippen LogP contribution in [-0.4, -0.2) is 33.4 Å². The molecule has 0 spiro atoms. The second kappa shape index (κ2) is 10.7. The van der Waals surface area contributed by atoms with Gasteiger partial charge in [-0.1, -0.05) is 47.4 Å². The van der Waals surface area contributed by atoms with Gasteiger partial charge in [0.25, 0.3) is 0 Å². The van der Waals surface area contributed by atoms with Crippen molar-refractivity contribution in [3.63, 3.8) is 0 Å². The standard InChI is InChI=1S/C19H22Cl2N4O2/c1-3-5-6-15(4-2)22-7-8-27-19-23-12-17(24-25-19)13-9-14(20)11-18(26)16(21)10-13/h4-6,9-10,12,22,26H,3,7-8,11H2,1-2H3/b6-5-,15-4+. The molecule has 0 saturated carbocycles. The summed E-state index contributed by atoms with van der Waals surface area (Å²) >= 11 is 12.1. The number of halogens is 2. The van der Waals surface area contributed by atoms with E-state index < -0.39 is 0 Å². The average molecular weight is 409 g/mol. The molecule has 1 aliphatic rings. The van der Waals surface area contributed by atoms with Gasteiger partial charge in [-0.3, -0.25) is 0 Å². The number of rotatable bonds is 8. The Balaban J connectivity index is 1.93. The van der Waals surface area contributed by atoms with Gasteiger partial charge in [0, 0.05) is 29.3 Å². The van der Waals surface area contributed by atoms with E-state index in [1.165, 1.54) is 6.20 Å². The number of nitrogens with zero attached hydrogens (tertiary/aromatic N) is 3. The number of nitrogens with one attached hydrogen (secondary N) is 1. The maximum absolute atomic E-state index is 9.75. The van der Waals surface area contributed by atoms with Gasteiger partial charge in [0.2, 0.25) is 0 Å². The first kappa shape index (κ1) is 21.0. The maximum atomic E-state index is 9.75. The molecule has 0 aromatic carbocycles. The number of aliphatic hydroxyl groups is 1. The van der Waals surface area contributed by atoms with Crippen molar-refractivity contribution < 1.29 is 9.84 Å². The third-order valence-corrected chi connectivity index (χ3v) is 4.12. The number of aromatic nitrogens is 3. The van der Waals surface area contributed by atoms with Crippen molar-refractivity contribution in [3.8, 4) is 6.01 Å². The highest BCUT2D eigenvalue weighted by Crippen LogP contribution is 2.29. The van der Waals surface area contributed by atoms with Crippen molar-refractivity contribution in [1.29, 1.82) is 0 Å². The SMILES string of the molecule is C/C=C(\C=C/CC)NCCOc1ncc(C2=CC(Cl)=C(O)CC(Cl)=C2)nn1. The fourth-order valence-electron chi connectivity index (χ4n) is 2.18. The van der Waals surface area contributed by atoms with Crippen molar-refractivity contribution in [2.45, 2.75) is 26.7 Å². The Bertz CT molecular complexity index is 796. The van der Waals surface area contributed by atoms with Crippen molar-refractivity contribution in [2.24, 2.45) is 0 Å². The van der Waals surface area contributed by atoms with Crippen LogP contribution < -0.4 is 10.1 Å². The Kier molecular flexibility index (Phi) is 8.36. The summed E-state index contributed by atoms with van der Waals surface area (Å²) in [5, 5.41) is 21.7. The molecule has 1 heterocycles. The summed E-state index contributed by atoms with van der Waals surface area (Å²) in [6, 6.07) is 0.181. The molecule has 0 unspecified atom stereocenters. The molecule has 0 fully saturated rings. The normalized spacial score (nSPS) is 15.5. The summed E-state index contributed by atoms with van der Waals surface area (Å²) in [4.78, 5) is 4.15. The van der Waals surface area contributed by atoms with E-state index in [1.807, 2.05) is 19.1 Å². The minimum atomic E-state index is 0.00979. The lowest BCUT2D eigenvalue weighted by atomic mass is 10.2. The van der Waals surface area contributed by atoms with Gasteiger partial charge in [-0.25, -0.2) is 4.98 Å². The molecule has 1 aromatic heterocycles. The summed E-state index contributed by atoms with van der Waals surface area (Å²) in [7, 11) is 0. The van der Waals surface area contributed by atoms with E-state index in [0.717, 1.165) is 12.1 Å². The quantitative estimate of drug-likeness (QED) is 0.482. The van der Waals surface area contributed by atoms with Crippen LogP contribution in [0.3, 0.4) is 0 Å². The van der Waals surface area contributed by atoms with Crippen LogP contribution in [0.2, 0.25) is 0 Å². The zero-order valence-corrected chi connectivity index (χ0v) is 16.8. The second-order valence-corrected chi connectivity index (χ2v) is 6.51. The lowest BCUT2D eigenvalue weighted by molar-refractivity contribution is 0.290. The van der Waals surface area contributed by atoms with Crippen LogP contribution in [0.15, 0.2) is 58.1 Å². The molecule has 2 rings (SSSR count). The van der Waals surface area contributed by atoms with Gasteiger partial charge in [-0.15, -0.1) is 5.10 Å². The first-order chi connectivity index (χ1) is 13.0. The van der Waals surface area contributed by atoms with Gasteiger partial charge in [0.15, 0.2) is 0 Å². The Morgan fingerprint density at radius 1 is 1.33 bits per heavy atom. The largest absolute Gasteiger partial charge is 0.510 e. The van der Waals surface area contributed by atoms with Crippen LogP contribution >= 0.6 is 23.2 Å². The maximum Gasteiger partial charge on any atom is 0.335 e. The van der Waals surface area contributed by atoms with Crippen molar-refractivity contribution in [3.05, 3.63) is 63.8 Å². The molecule has 0 radical (unpaired) electrons. The van der Waals surface area contributed by atoms with E-state index in [4.69, 9.17) is 27.9 Å². The Hall–Kier alpha value is -2.31. The van der Waals surface area contributed by atoms with Gasteiger partial charge >= 0.3 is 6.01 Å². The molecule has 144 valence electrons. The number of aliphatic hydroxyl groups excluding tert-OH is 1. The highest BCUT2D eigenvalue weighted by molar-refractivity contribution is 6.33. The van der Waals surface area contributed by atoms with Gasteiger partial charge in [-0.05, 0) is 31.6 Å². The van der Waals surface area contributed by atoms with Gasteiger partial charge < -0.3 is 15.2 Å². The van der Waals surface area contributed by atoms with E-state index in [0.29, 0.717) is 29.5 Å².